The van der Waals surface area contributed by atoms with Crippen molar-refractivity contribution >= 4 is 12.1 Å². The first-order valence-electron chi connectivity index (χ1n) is 11.6. The molecule has 0 spiro atoms. The lowest BCUT2D eigenvalue weighted by Crippen LogP contribution is -2.47. The molecule has 29 heavy (non-hydrogen) atoms. The summed E-state index contributed by atoms with van der Waals surface area (Å²) in [6.45, 7) is 6.05. The molecule has 1 N–H and O–H groups in total. The summed E-state index contributed by atoms with van der Waals surface area (Å²) in [5, 5.41) is 4.32. The van der Waals surface area contributed by atoms with Crippen LogP contribution in [0, 0.1) is 37.0 Å². The molecule has 1 amide bonds. The van der Waals surface area contributed by atoms with E-state index in [0.29, 0.717) is 12.5 Å². The van der Waals surface area contributed by atoms with Crippen LogP contribution in [0.25, 0.3) is 0 Å². The molecule has 1 aliphatic heterocycles. The highest BCUT2D eigenvalue weighted by Crippen LogP contribution is 2.61. The highest BCUT2D eigenvalue weighted by molar-refractivity contribution is 5.84. The van der Waals surface area contributed by atoms with E-state index in [1.165, 1.54) is 49.9 Å². The van der Waals surface area contributed by atoms with Gasteiger partial charge in [0, 0.05) is 36.5 Å². The van der Waals surface area contributed by atoms with Crippen LogP contribution in [0.1, 0.15) is 74.7 Å². The van der Waals surface area contributed by atoms with E-state index >= 15 is 0 Å². The Labute approximate surface area is 174 Å². The number of ether oxygens (including phenoxy) is 1. The molecule has 1 aromatic rings. The van der Waals surface area contributed by atoms with Crippen molar-refractivity contribution in [1.82, 2.24) is 9.99 Å². The van der Waals surface area contributed by atoms with E-state index in [0.717, 1.165) is 49.3 Å². The Morgan fingerprint density at radius 2 is 1.93 bits per heavy atom. The molecule has 0 unspecified atom stereocenters. The van der Waals surface area contributed by atoms with Gasteiger partial charge in [0.1, 0.15) is 0 Å². The van der Waals surface area contributed by atoms with Crippen molar-refractivity contribution in [1.29, 1.82) is 0 Å². The van der Waals surface area contributed by atoms with E-state index in [-0.39, 0.29) is 11.3 Å². The lowest BCUT2D eigenvalue weighted by Gasteiger charge is -2.56. The quantitative estimate of drug-likeness (QED) is 0.573. The Hall–Kier alpha value is -1.62. The van der Waals surface area contributed by atoms with Crippen molar-refractivity contribution < 1.29 is 9.53 Å². The minimum atomic E-state index is 0.0939. The molecule has 0 radical (unpaired) electrons. The number of rotatable bonds is 6. The van der Waals surface area contributed by atoms with E-state index in [1.54, 1.807) is 0 Å². The van der Waals surface area contributed by atoms with Gasteiger partial charge in [-0.1, -0.05) is 0 Å². The number of nitrogens with zero attached hydrogens (tertiary/aromatic N) is 2. The second-order valence-corrected chi connectivity index (χ2v) is 10.5. The van der Waals surface area contributed by atoms with Gasteiger partial charge in [-0.15, -0.1) is 0 Å². The van der Waals surface area contributed by atoms with Gasteiger partial charge in [-0.25, -0.2) is 5.43 Å². The maximum Gasteiger partial charge on any atom is 0.240 e. The Bertz CT molecular complexity index is 768. The molecule has 0 aromatic carbocycles. The molecule has 4 aliphatic carbocycles. The average molecular weight is 398 g/mol. The van der Waals surface area contributed by atoms with Gasteiger partial charge in [0.15, 0.2) is 0 Å². The minimum Gasteiger partial charge on any atom is -0.376 e. The van der Waals surface area contributed by atoms with Crippen molar-refractivity contribution in [2.45, 2.75) is 84.3 Å². The zero-order chi connectivity index (χ0) is 20.0. The summed E-state index contributed by atoms with van der Waals surface area (Å²) in [4.78, 5) is 12.7. The Morgan fingerprint density at radius 1 is 1.24 bits per heavy atom. The summed E-state index contributed by atoms with van der Waals surface area (Å²) in [5.74, 6) is 2.74. The van der Waals surface area contributed by atoms with E-state index in [4.69, 9.17) is 4.74 Å². The van der Waals surface area contributed by atoms with Gasteiger partial charge < -0.3 is 9.30 Å². The maximum absolute atomic E-state index is 12.7. The zero-order valence-corrected chi connectivity index (χ0v) is 18.0. The first-order chi connectivity index (χ1) is 14.0. The predicted molar refractivity (Wildman–Crippen MR) is 114 cm³/mol. The average Bonchev–Trinajstić information content (AvgIpc) is 3.24. The number of amides is 1. The van der Waals surface area contributed by atoms with Gasteiger partial charge >= 0.3 is 0 Å². The molecule has 4 bridgehead atoms. The lowest BCUT2D eigenvalue weighted by molar-refractivity contribution is -0.129. The largest absolute Gasteiger partial charge is 0.376 e. The Balaban J connectivity index is 1.19. The molecule has 5 aliphatic rings. The Kier molecular flexibility index (Phi) is 5.05. The van der Waals surface area contributed by atoms with E-state index < -0.39 is 0 Å². The molecular formula is C24H35N3O2. The number of aromatic nitrogens is 1. The number of aryl methyl sites for hydroxylation is 1. The van der Waals surface area contributed by atoms with Gasteiger partial charge in [-0.3, -0.25) is 4.79 Å². The smallest absolute Gasteiger partial charge is 0.240 e. The van der Waals surface area contributed by atoms with Crippen LogP contribution in [0.2, 0.25) is 0 Å². The van der Waals surface area contributed by atoms with Crippen LogP contribution >= 0.6 is 0 Å². The van der Waals surface area contributed by atoms with Gasteiger partial charge in [-0.2, -0.15) is 5.10 Å². The molecular weight excluding hydrogens is 362 g/mol. The van der Waals surface area contributed by atoms with Crippen LogP contribution < -0.4 is 5.43 Å². The molecule has 1 atom stereocenters. The van der Waals surface area contributed by atoms with Crippen molar-refractivity contribution in [3.63, 3.8) is 0 Å². The van der Waals surface area contributed by atoms with Crippen LogP contribution in [-0.2, 0) is 16.1 Å². The fraction of sp³-hybridized carbons (Fsp3) is 0.750. The summed E-state index contributed by atoms with van der Waals surface area (Å²) >= 11 is 0. The molecule has 1 aromatic heterocycles. The topological polar surface area (TPSA) is 55.6 Å². The van der Waals surface area contributed by atoms with Crippen LogP contribution in [0.4, 0.5) is 0 Å². The third-order valence-corrected chi connectivity index (χ3v) is 8.12. The molecule has 6 rings (SSSR count). The number of hydrazone groups is 1. The van der Waals surface area contributed by atoms with Crippen molar-refractivity contribution in [3.05, 3.63) is 23.0 Å². The van der Waals surface area contributed by atoms with Gasteiger partial charge in [0.05, 0.1) is 12.3 Å². The SMILES string of the molecule is Cc1cc(/C=N\NC(=O)CC23CC4CC(CC(C4)C2)C3)c(C)n1C[C@@H]1CCCO1. The summed E-state index contributed by atoms with van der Waals surface area (Å²) in [7, 11) is 0. The van der Waals surface area contributed by atoms with Crippen LogP contribution in [-0.4, -0.2) is 29.4 Å². The zero-order valence-electron chi connectivity index (χ0n) is 18.0. The van der Waals surface area contributed by atoms with Crippen LogP contribution in [0.5, 0.6) is 0 Å². The Morgan fingerprint density at radius 3 is 2.55 bits per heavy atom. The summed E-state index contributed by atoms with van der Waals surface area (Å²) in [6.07, 6.45) is 13.1. The summed E-state index contributed by atoms with van der Waals surface area (Å²) in [5.41, 5.74) is 6.59. The van der Waals surface area contributed by atoms with Crippen molar-refractivity contribution in [3.8, 4) is 0 Å². The molecule has 5 nitrogen and oxygen atoms in total. The van der Waals surface area contributed by atoms with Crippen molar-refractivity contribution in [2.24, 2.45) is 28.3 Å². The molecule has 4 saturated carbocycles. The van der Waals surface area contributed by atoms with Crippen molar-refractivity contribution in [2.75, 3.05) is 6.61 Å². The monoisotopic (exact) mass is 397 g/mol. The normalized spacial score (nSPS) is 35.7. The standard InChI is InChI=1S/C24H35N3O2/c1-16-6-21(17(2)27(16)15-22-4-3-5-29-22)14-25-26-23(28)13-24-10-18-7-19(11-24)9-20(8-18)12-24/h6,14,18-20,22H,3-5,7-13,15H2,1-2H3,(H,26,28)/b25-14-/t18?,19?,20?,22-,24?/m0/s1. The first kappa shape index (κ1) is 19.3. The predicted octanol–water partition coefficient (Wildman–Crippen LogP) is 4.34. The maximum atomic E-state index is 12.7. The van der Waals surface area contributed by atoms with Gasteiger partial charge in [0.2, 0.25) is 5.91 Å². The minimum absolute atomic E-state index is 0.0939. The highest BCUT2D eigenvalue weighted by atomic mass is 16.5. The second-order valence-electron chi connectivity index (χ2n) is 10.5. The fourth-order valence-electron chi connectivity index (χ4n) is 7.29. The second kappa shape index (κ2) is 7.57. The van der Waals surface area contributed by atoms with E-state index in [9.17, 15) is 4.79 Å². The van der Waals surface area contributed by atoms with Gasteiger partial charge in [-0.05, 0) is 94.4 Å². The fourth-order valence-corrected chi connectivity index (χ4v) is 7.29. The molecule has 158 valence electrons. The molecule has 2 heterocycles. The van der Waals surface area contributed by atoms with E-state index in [1.807, 2.05) is 6.21 Å². The highest BCUT2D eigenvalue weighted by Gasteiger charge is 2.51. The number of carbonyl (C=O) groups is 1. The lowest BCUT2D eigenvalue weighted by atomic mass is 9.49. The third-order valence-electron chi connectivity index (χ3n) is 8.12. The summed E-state index contributed by atoms with van der Waals surface area (Å²) in [6, 6.07) is 2.15. The number of hydrogen-bond donors (Lipinski definition) is 1. The molecule has 1 saturated heterocycles. The molecule has 5 heteroatoms. The first-order valence-corrected chi connectivity index (χ1v) is 11.6. The van der Waals surface area contributed by atoms with E-state index in [2.05, 4.69) is 35.0 Å². The van der Waals surface area contributed by atoms with Crippen LogP contribution in [0.15, 0.2) is 11.2 Å². The number of nitrogens with one attached hydrogen (secondary N) is 1. The summed E-state index contributed by atoms with van der Waals surface area (Å²) < 4.78 is 8.11. The number of carbonyl (C=O) groups excluding carboxylic acids is 1. The molecule has 5 fully saturated rings. The third kappa shape index (κ3) is 3.90. The van der Waals surface area contributed by atoms with Gasteiger partial charge in [0.25, 0.3) is 0 Å². The van der Waals surface area contributed by atoms with Crippen LogP contribution in [0.3, 0.4) is 0 Å². The number of hydrogen-bond acceptors (Lipinski definition) is 3.